The molecule has 0 radical (unpaired) electrons. The number of nitriles is 1. The van der Waals surface area contributed by atoms with Crippen molar-refractivity contribution in [2.45, 2.75) is 0 Å². The third-order valence-corrected chi connectivity index (χ3v) is 4.89. The second kappa shape index (κ2) is 5.45. The van der Waals surface area contributed by atoms with Crippen LogP contribution in [0.1, 0.15) is 5.56 Å². The molecule has 3 aromatic rings. The normalized spacial score (nSPS) is 10.5. The van der Waals surface area contributed by atoms with Crippen molar-refractivity contribution in [1.82, 2.24) is 8.94 Å². The fraction of sp³-hybridized carbons (Fsp3) is 0.0714. The third kappa shape index (κ3) is 2.40. The molecule has 2 heterocycles. The van der Waals surface area contributed by atoms with Crippen molar-refractivity contribution < 1.29 is 0 Å². The van der Waals surface area contributed by atoms with E-state index in [2.05, 4.69) is 16.4 Å². The van der Waals surface area contributed by atoms with Crippen LogP contribution in [-0.2, 0) is 7.05 Å². The molecule has 1 aromatic carbocycles. The molecule has 0 aliphatic rings. The molecule has 4 nitrogen and oxygen atoms in total. The zero-order valence-electron chi connectivity index (χ0n) is 10.9. The van der Waals surface area contributed by atoms with Gasteiger partial charge in [-0.3, -0.25) is 8.94 Å². The zero-order valence-corrected chi connectivity index (χ0v) is 13.3. The van der Waals surface area contributed by atoms with E-state index in [9.17, 15) is 5.26 Å². The Morgan fingerprint density at radius 2 is 2.24 bits per heavy atom. The molecular formula is C14H9ClN4S2. The Morgan fingerprint density at radius 3 is 3.00 bits per heavy atom. The highest BCUT2D eigenvalue weighted by atomic mass is 35.5. The summed E-state index contributed by atoms with van der Waals surface area (Å²) in [4.78, 5) is 4.30. The number of fused-ring (bicyclic) bond motifs is 1. The molecule has 0 spiro atoms. The van der Waals surface area contributed by atoms with Gasteiger partial charge >= 0.3 is 0 Å². The molecule has 0 fully saturated rings. The van der Waals surface area contributed by atoms with Gasteiger partial charge in [0.1, 0.15) is 21.3 Å². The van der Waals surface area contributed by atoms with Crippen molar-refractivity contribution in [3.05, 3.63) is 45.7 Å². The van der Waals surface area contributed by atoms with Crippen LogP contribution in [0.4, 0.5) is 10.7 Å². The summed E-state index contributed by atoms with van der Waals surface area (Å²) in [6.45, 7) is 0. The topological polar surface area (TPSA) is 53.6 Å². The van der Waals surface area contributed by atoms with Crippen molar-refractivity contribution in [2.75, 3.05) is 5.32 Å². The lowest BCUT2D eigenvalue weighted by molar-refractivity contribution is 1.01. The second-order valence-corrected chi connectivity index (χ2v) is 6.26. The average Bonchev–Trinajstić information content (AvgIpc) is 2.76. The van der Waals surface area contributed by atoms with Crippen LogP contribution in [0.15, 0.2) is 30.5 Å². The summed E-state index contributed by atoms with van der Waals surface area (Å²) >= 11 is 12.9. The standard InChI is InChI=1S/C14H9ClN4S2/c1-19-14(20)9(7-16)13(21-19)18-12-8-3-2-6-17-11(8)5-4-10(12)15/h2-6,18H,1H3. The van der Waals surface area contributed by atoms with Crippen molar-refractivity contribution in [1.29, 1.82) is 5.26 Å². The van der Waals surface area contributed by atoms with Gasteiger partial charge in [0.2, 0.25) is 0 Å². The van der Waals surface area contributed by atoms with Crippen LogP contribution in [0.25, 0.3) is 10.9 Å². The number of hydrogen-bond donors (Lipinski definition) is 1. The lowest BCUT2D eigenvalue weighted by atomic mass is 10.2. The lowest BCUT2D eigenvalue weighted by Crippen LogP contribution is -1.93. The van der Waals surface area contributed by atoms with Gasteiger partial charge in [0.05, 0.1) is 16.2 Å². The van der Waals surface area contributed by atoms with E-state index in [0.29, 0.717) is 20.2 Å². The molecule has 0 amide bonds. The molecule has 0 aliphatic carbocycles. The van der Waals surface area contributed by atoms with Crippen LogP contribution in [0.5, 0.6) is 0 Å². The molecule has 104 valence electrons. The van der Waals surface area contributed by atoms with Crippen LogP contribution in [0, 0.1) is 16.0 Å². The smallest absolute Gasteiger partial charge is 0.135 e. The maximum atomic E-state index is 9.26. The van der Waals surface area contributed by atoms with Crippen LogP contribution in [0.3, 0.4) is 0 Å². The van der Waals surface area contributed by atoms with Crippen molar-refractivity contribution in [2.24, 2.45) is 7.05 Å². The van der Waals surface area contributed by atoms with Crippen molar-refractivity contribution in [3.63, 3.8) is 0 Å². The van der Waals surface area contributed by atoms with Gasteiger partial charge in [0.15, 0.2) is 0 Å². The molecule has 0 atom stereocenters. The number of aryl methyl sites for hydroxylation is 1. The van der Waals surface area contributed by atoms with Crippen LogP contribution in [-0.4, -0.2) is 8.94 Å². The number of halogens is 1. The molecule has 21 heavy (non-hydrogen) atoms. The minimum Gasteiger partial charge on any atom is -0.343 e. The molecule has 0 saturated carbocycles. The second-order valence-electron chi connectivity index (χ2n) is 4.33. The highest BCUT2D eigenvalue weighted by Gasteiger charge is 2.14. The zero-order chi connectivity index (χ0) is 15.0. The largest absolute Gasteiger partial charge is 0.343 e. The molecule has 7 heteroatoms. The number of pyridine rings is 1. The highest BCUT2D eigenvalue weighted by molar-refractivity contribution is 7.71. The third-order valence-electron chi connectivity index (χ3n) is 3.04. The Morgan fingerprint density at radius 1 is 1.43 bits per heavy atom. The number of benzene rings is 1. The lowest BCUT2D eigenvalue weighted by Gasteiger charge is -2.09. The number of nitrogens with zero attached hydrogens (tertiary/aromatic N) is 3. The van der Waals surface area contributed by atoms with E-state index in [1.165, 1.54) is 11.5 Å². The SMILES string of the molecule is Cn1sc(Nc2c(Cl)ccc3ncccc23)c(C#N)c1=S. The van der Waals surface area contributed by atoms with Gasteiger partial charge in [0, 0.05) is 18.6 Å². The number of hydrogen-bond acceptors (Lipinski definition) is 5. The summed E-state index contributed by atoms with van der Waals surface area (Å²) in [5.41, 5.74) is 2.02. The fourth-order valence-corrected chi connectivity index (χ4v) is 3.39. The van der Waals surface area contributed by atoms with E-state index >= 15 is 0 Å². The number of aromatic nitrogens is 2. The minimum atomic E-state index is 0.453. The monoisotopic (exact) mass is 332 g/mol. The highest BCUT2D eigenvalue weighted by Crippen LogP contribution is 2.35. The molecule has 1 N–H and O–H groups in total. The molecule has 2 aromatic heterocycles. The maximum absolute atomic E-state index is 9.26. The Kier molecular flexibility index (Phi) is 3.64. The summed E-state index contributed by atoms with van der Waals surface area (Å²) in [5.74, 6) is 0. The molecule has 3 rings (SSSR count). The van der Waals surface area contributed by atoms with Gasteiger partial charge in [0.25, 0.3) is 0 Å². The average molecular weight is 333 g/mol. The van der Waals surface area contributed by atoms with Crippen LogP contribution >= 0.6 is 35.4 Å². The number of rotatable bonds is 2. The Hall–Kier alpha value is -1.94. The molecular weight excluding hydrogens is 324 g/mol. The summed E-state index contributed by atoms with van der Waals surface area (Å²) in [7, 11) is 1.82. The van der Waals surface area contributed by atoms with E-state index in [1.54, 1.807) is 16.2 Å². The van der Waals surface area contributed by atoms with Gasteiger partial charge in [-0.1, -0.05) is 23.8 Å². The van der Waals surface area contributed by atoms with Crippen LogP contribution < -0.4 is 5.32 Å². The van der Waals surface area contributed by atoms with E-state index in [4.69, 9.17) is 23.8 Å². The van der Waals surface area contributed by atoms with Crippen molar-refractivity contribution >= 4 is 56.9 Å². The fourth-order valence-electron chi connectivity index (χ4n) is 2.03. The van der Waals surface area contributed by atoms with E-state index < -0.39 is 0 Å². The maximum Gasteiger partial charge on any atom is 0.135 e. The van der Waals surface area contributed by atoms with Gasteiger partial charge in [-0.05, 0) is 35.8 Å². The Bertz CT molecular complexity index is 936. The van der Waals surface area contributed by atoms with Gasteiger partial charge < -0.3 is 5.32 Å². The molecule has 0 aliphatic heterocycles. The summed E-state index contributed by atoms with van der Waals surface area (Å²) in [6, 6.07) is 9.57. The molecule has 0 unspecified atom stereocenters. The predicted octanol–water partition coefficient (Wildman–Crippen LogP) is 4.63. The van der Waals surface area contributed by atoms with Gasteiger partial charge in [-0.2, -0.15) is 5.26 Å². The summed E-state index contributed by atoms with van der Waals surface area (Å²) < 4.78 is 2.28. The Labute approximate surface area is 135 Å². The Balaban J connectivity index is 2.19. The van der Waals surface area contributed by atoms with Gasteiger partial charge in [-0.25, -0.2) is 0 Å². The first-order valence-electron chi connectivity index (χ1n) is 6.02. The molecule has 0 saturated heterocycles. The molecule has 0 bridgehead atoms. The number of nitrogens with one attached hydrogen (secondary N) is 1. The van der Waals surface area contributed by atoms with Crippen LogP contribution in [0.2, 0.25) is 5.02 Å². The number of anilines is 2. The quantitative estimate of drug-likeness (QED) is 0.695. The predicted molar refractivity (Wildman–Crippen MR) is 88.9 cm³/mol. The van der Waals surface area contributed by atoms with E-state index in [1.807, 2.05) is 25.2 Å². The van der Waals surface area contributed by atoms with Gasteiger partial charge in [-0.15, -0.1) is 0 Å². The summed E-state index contributed by atoms with van der Waals surface area (Å²) in [5, 5.41) is 14.7. The first-order chi connectivity index (χ1) is 10.1. The van der Waals surface area contributed by atoms with Crippen molar-refractivity contribution in [3.8, 4) is 6.07 Å². The first-order valence-corrected chi connectivity index (χ1v) is 7.58. The first kappa shape index (κ1) is 14.0. The minimum absolute atomic E-state index is 0.453. The van der Waals surface area contributed by atoms with E-state index in [0.717, 1.165) is 16.6 Å². The van der Waals surface area contributed by atoms with E-state index in [-0.39, 0.29) is 0 Å². The summed E-state index contributed by atoms with van der Waals surface area (Å²) in [6.07, 6.45) is 1.73.